The van der Waals surface area contributed by atoms with E-state index in [0.29, 0.717) is 0 Å². The minimum atomic E-state index is -1.04. The molecular formula is C10H12N2O3. The van der Waals surface area contributed by atoms with Crippen molar-refractivity contribution in [2.75, 3.05) is 0 Å². The molecule has 1 aliphatic carbocycles. The predicted molar refractivity (Wildman–Crippen MR) is 52.9 cm³/mol. The number of fused-ring (bicyclic) bond motifs is 1. The highest BCUT2D eigenvalue weighted by atomic mass is 16.4. The monoisotopic (exact) mass is 208 g/mol. The average Bonchev–Trinajstić information content (AvgIpc) is 2.62. The number of hydrogen-bond donors (Lipinski definition) is 1. The maximum atomic E-state index is 11.6. The summed E-state index contributed by atoms with van der Waals surface area (Å²) in [5.41, 5.74) is 1.50. The largest absolute Gasteiger partial charge is 0.480 e. The van der Waals surface area contributed by atoms with Crippen molar-refractivity contribution in [1.29, 1.82) is 0 Å². The molecule has 0 radical (unpaired) electrons. The molecular weight excluding hydrogens is 196 g/mol. The van der Waals surface area contributed by atoms with E-state index < -0.39 is 12.0 Å². The lowest BCUT2D eigenvalue weighted by Gasteiger charge is -2.10. The first-order chi connectivity index (χ1) is 7.09. The van der Waals surface area contributed by atoms with Crippen molar-refractivity contribution in [3.63, 3.8) is 0 Å². The SMILES string of the molecule is CC(C(=O)O)n1nc2c(cc1=O)CCC2. The van der Waals surface area contributed by atoms with Gasteiger partial charge < -0.3 is 5.11 Å². The Balaban J connectivity index is 2.49. The Hall–Kier alpha value is -1.65. The van der Waals surface area contributed by atoms with Crippen molar-refractivity contribution in [2.45, 2.75) is 32.2 Å². The molecule has 0 aliphatic heterocycles. The number of hydrogen-bond acceptors (Lipinski definition) is 3. The third-order valence-electron chi connectivity index (χ3n) is 2.71. The zero-order valence-electron chi connectivity index (χ0n) is 8.43. The van der Waals surface area contributed by atoms with Crippen molar-refractivity contribution in [3.05, 3.63) is 27.7 Å². The fourth-order valence-corrected chi connectivity index (χ4v) is 1.80. The van der Waals surface area contributed by atoms with E-state index in [2.05, 4.69) is 5.10 Å². The first-order valence-electron chi connectivity index (χ1n) is 4.94. The number of aryl methyl sites for hydroxylation is 2. The van der Waals surface area contributed by atoms with Gasteiger partial charge in [-0.05, 0) is 31.7 Å². The van der Waals surface area contributed by atoms with Gasteiger partial charge in [0.2, 0.25) is 0 Å². The van der Waals surface area contributed by atoms with E-state index >= 15 is 0 Å². The first kappa shape index (κ1) is 9.89. The van der Waals surface area contributed by atoms with Gasteiger partial charge >= 0.3 is 5.97 Å². The van der Waals surface area contributed by atoms with Crippen LogP contribution in [0.25, 0.3) is 0 Å². The summed E-state index contributed by atoms with van der Waals surface area (Å²) in [7, 11) is 0. The molecule has 0 spiro atoms. The van der Waals surface area contributed by atoms with Crippen molar-refractivity contribution in [1.82, 2.24) is 9.78 Å². The van der Waals surface area contributed by atoms with Crippen LogP contribution in [-0.2, 0) is 17.6 Å². The smallest absolute Gasteiger partial charge is 0.328 e. The number of carboxylic acids is 1. The molecule has 0 bridgehead atoms. The van der Waals surface area contributed by atoms with E-state index in [1.165, 1.54) is 13.0 Å². The molecule has 1 N–H and O–H groups in total. The van der Waals surface area contributed by atoms with Crippen LogP contribution in [0.2, 0.25) is 0 Å². The van der Waals surface area contributed by atoms with Crippen LogP contribution in [-0.4, -0.2) is 20.9 Å². The molecule has 0 amide bonds. The van der Waals surface area contributed by atoms with E-state index in [9.17, 15) is 9.59 Å². The van der Waals surface area contributed by atoms with Gasteiger partial charge in [0.25, 0.3) is 5.56 Å². The Morgan fingerprint density at radius 1 is 1.60 bits per heavy atom. The lowest BCUT2D eigenvalue weighted by molar-refractivity contribution is -0.140. The molecule has 0 saturated carbocycles. The maximum Gasteiger partial charge on any atom is 0.328 e. The molecule has 1 aliphatic rings. The quantitative estimate of drug-likeness (QED) is 0.762. The summed E-state index contributed by atoms with van der Waals surface area (Å²) < 4.78 is 1.05. The Morgan fingerprint density at radius 2 is 2.33 bits per heavy atom. The Bertz CT molecular complexity index is 464. The molecule has 5 nitrogen and oxygen atoms in total. The fourth-order valence-electron chi connectivity index (χ4n) is 1.80. The van der Waals surface area contributed by atoms with Gasteiger partial charge in [-0.1, -0.05) is 0 Å². The van der Waals surface area contributed by atoms with Crippen LogP contribution in [0.4, 0.5) is 0 Å². The van der Waals surface area contributed by atoms with Crippen molar-refractivity contribution in [2.24, 2.45) is 0 Å². The normalized spacial score (nSPS) is 16.1. The molecule has 1 heterocycles. The Kier molecular flexibility index (Phi) is 2.30. The first-order valence-corrected chi connectivity index (χ1v) is 4.94. The van der Waals surface area contributed by atoms with Crippen LogP contribution in [0, 0.1) is 0 Å². The van der Waals surface area contributed by atoms with Gasteiger partial charge in [-0.15, -0.1) is 0 Å². The number of aromatic nitrogens is 2. The Labute approximate surface area is 86.4 Å². The second-order valence-corrected chi connectivity index (χ2v) is 3.77. The molecule has 0 saturated heterocycles. The second-order valence-electron chi connectivity index (χ2n) is 3.77. The topological polar surface area (TPSA) is 72.2 Å². The standard InChI is InChI=1S/C10H12N2O3/c1-6(10(14)15)12-9(13)5-7-3-2-4-8(7)11-12/h5-6H,2-4H2,1H3,(H,14,15). The number of nitrogens with zero attached hydrogens (tertiary/aromatic N) is 2. The summed E-state index contributed by atoms with van der Waals surface area (Å²) in [6.45, 7) is 1.46. The van der Waals surface area contributed by atoms with Gasteiger partial charge in [0, 0.05) is 6.07 Å². The number of carbonyl (C=O) groups is 1. The highest BCUT2D eigenvalue weighted by Crippen LogP contribution is 2.17. The van der Waals surface area contributed by atoms with Gasteiger partial charge in [-0.2, -0.15) is 5.10 Å². The molecule has 15 heavy (non-hydrogen) atoms. The number of rotatable bonds is 2. The molecule has 80 valence electrons. The zero-order valence-corrected chi connectivity index (χ0v) is 8.43. The fraction of sp³-hybridized carbons (Fsp3) is 0.500. The van der Waals surface area contributed by atoms with Crippen molar-refractivity contribution in [3.8, 4) is 0 Å². The predicted octanol–water partition coefficient (Wildman–Crippen LogP) is 0.378. The minimum absolute atomic E-state index is 0.328. The third-order valence-corrected chi connectivity index (χ3v) is 2.71. The summed E-state index contributed by atoms with van der Waals surface area (Å²) in [6.07, 6.45) is 2.70. The lowest BCUT2D eigenvalue weighted by Crippen LogP contribution is -2.30. The van der Waals surface area contributed by atoms with Crippen LogP contribution in [0.5, 0.6) is 0 Å². The molecule has 1 atom stereocenters. The van der Waals surface area contributed by atoms with E-state index in [1.807, 2.05) is 0 Å². The lowest BCUT2D eigenvalue weighted by atomic mass is 10.2. The van der Waals surface area contributed by atoms with Crippen LogP contribution < -0.4 is 5.56 Å². The van der Waals surface area contributed by atoms with Crippen molar-refractivity contribution < 1.29 is 9.90 Å². The van der Waals surface area contributed by atoms with Crippen molar-refractivity contribution >= 4 is 5.97 Å². The molecule has 1 unspecified atom stereocenters. The highest BCUT2D eigenvalue weighted by molar-refractivity contribution is 5.71. The summed E-state index contributed by atoms with van der Waals surface area (Å²) in [4.78, 5) is 22.3. The summed E-state index contributed by atoms with van der Waals surface area (Å²) in [5, 5.41) is 12.9. The second kappa shape index (κ2) is 3.49. The highest BCUT2D eigenvalue weighted by Gasteiger charge is 2.20. The van der Waals surface area contributed by atoms with Gasteiger partial charge in [-0.25, -0.2) is 9.48 Å². The van der Waals surface area contributed by atoms with Crippen LogP contribution in [0.15, 0.2) is 10.9 Å². The van der Waals surface area contributed by atoms with Crippen LogP contribution in [0.1, 0.15) is 30.6 Å². The molecule has 2 rings (SSSR count). The zero-order chi connectivity index (χ0) is 11.0. The van der Waals surface area contributed by atoms with E-state index in [0.717, 1.165) is 35.2 Å². The van der Waals surface area contributed by atoms with Gasteiger partial charge in [0.05, 0.1) is 5.69 Å². The summed E-state index contributed by atoms with van der Waals surface area (Å²) >= 11 is 0. The molecule has 0 aromatic carbocycles. The van der Waals surface area contributed by atoms with E-state index in [-0.39, 0.29) is 5.56 Å². The van der Waals surface area contributed by atoms with Crippen LogP contribution in [0.3, 0.4) is 0 Å². The molecule has 5 heteroatoms. The molecule has 1 aromatic heterocycles. The minimum Gasteiger partial charge on any atom is -0.480 e. The Morgan fingerprint density at radius 3 is 3.00 bits per heavy atom. The van der Waals surface area contributed by atoms with Gasteiger partial charge in [-0.3, -0.25) is 4.79 Å². The van der Waals surface area contributed by atoms with Gasteiger partial charge in [0.1, 0.15) is 0 Å². The van der Waals surface area contributed by atoms with E-state index in [1.54, 1.807) is 0 Å². The third kappa shape index (κ3) is 1.65. The summed E-state index contributed by atoms with van der Waals surface area (Å²) in [5.74, 6) is -1.04. The summed E-state index contributed by atoms with van der Waals surface area (Å²) in [6, 6.07) is 0.609. The average molecular weight is 208 g/mol. The molecule has 1 aromatic rings. The van der Waals surface area contributed by atoms with Gasteiger partial charge in [0.15, 0.2) is 6.04 Å². The molecule has 0 fully saturated rings. The van der Waals surface area contributed by atoms with Crippen LogP contribution >= 0.6 is 0 Å². The maximum absolute atomic E-state index is 11.6. The number of carboxylic acid groups (broad SMARTS) is 1. The van der Waals surface area contributed by atoms with E-state index in [4.69, 9.17) is 5.11 Å². The number of aliphatic carboxylic acids is 1.